The van der Waals surface area contributed by atoms with Crippen molar-refractivity contribution in [2.24, 2.45) is 5.73 Å². The molecule has 1 amide bonds. The summed E-state index contributed by atoms with van der Waals surface area (Å²) in [7, 11) is 0. The molecule has 21 heavy (non-hydrogen) atoms. The van der Waals surface area contributed by atoms with Crippen LogP contribution in [0.2, 0.25) is 0 Å². The molecule has 0 saturated heterocycles. The van der Waals surface area contributed by atoms with Gasteiger partial charge in [-0.25, -0.2) is 0 Å². The summed E-state index contributed by atoms with van der Waals surface area (Å²) >= 11 is 0. The summed E-state index contributed by atoms with van der Waals surface area (Å²) < 4.78 is 0. The lowest BCUT2D eigenvalue weighted by molar-refractivity contribution is 0.0773. The molecule has 3 N–H and O–H groups in total. The van der Waals surface area contributed by atoms with E-state index in [2.05, 4.69) is 5.32 Å². The van der Waals surface area contributed by atoms with Crippen molar-refractivity contribution < 1.29 is 4.79 Å². The van der Waals surface area contributed by atoms with Gasteiger partial charge in [-0.15, -0.1) is 0 Å². The highest BCUT2D eigenvalue weighted by Gasteiger charge is 2.19. The average molecular weight is 289 g/mol. The molecule has 1 aromatic rings. The summed E-state index contributed by atoms with van der Waals surface area (Å²) in [6.07, 6.45) is 4.37. The van der Waals surface area contributed by atoms with Crippen molar-refractivity contribution in [3.63, 3.8) is 0 Å². The van der Waals surface area contributed by atoms with Gasteiger partial charge in [-0.1, -0.05) is 6.07 Å². The van der Waals surface area contributed by atoms with E-state index in [9.17, 15) is 4.79 Å². The molecule has 0 aliphatic heterocycles. The van der Waals surface area contributed by atoms with Crippen LogP contribution in [0.15, 0.2) is 24.3 Å². The SMILES string of the molecule is CCN(CC)C(=O)c1cccc(NC2CCC(N)CC2)c1. The maximum atomic E-state index is 12.4. The molecule has 0 bridgehead atoms. The number of carbonyl (C=O) groups excluding carboxylic acids is 1. The summed E-state index contributed by atoms with van der Waals surface area (Å²) in [5.74, 6) is 0.106. The zero-order chi connectivity index (χ0) is 15.2. The van der Waals surface area contributed by atoms with Crippen LogP contribution in [0, 0.1) is 0 Å². The third-order valence-corrected chi connectivity index (χ3v) is 4.30. The number of rotatable bonds is 5. The molecule has 4 nitrogen and oxygen atoms in total. The molecule has 0 unspecified atom stereocenters. The van der Waals surface area contributed by atoms with Crippen LogP contribution in [-0.2, 0) is 0 Å². The summed E-state index contributed by atoms with van der Waals surface area (Å²) in [4.78, 5) is 14.2. The van der Waals surface area contributed by atoms with Gasteiger partial charge in [0.2, 0.25) is 0 Å². The second-order valence-corrected chi connectivity index (χ2v) is 5.81. The molecule has 1 aliphatic rings. The lowest BCUT2D eigenvalue weighted by atomic mass is 9.91. The Morgan fingerprint density at radius 2 is 1.90 bits per heavy atom. The second-order valence-electron chi connectivity index (χ2n) is 5.81. The maximum absolute atomic E-state index is 12.4. The van der Waals surface area contributed by atoms with E-state index in [0.29, 0.717) is 12.1 Å². The monoisotopic (exact) mass is 289 g/mol. The van der Waals surface area contributed by atoms with Gasteiger partial charge in [0.25, 0.3) is 5.91 Å². The minimum atomic E-state index is 0.106. The molecule has 0 aromatic heterocycles. The molecular formula is C17H27N3O. The first-order chi connectivity index (χ1) is 10.1. The number of amides is 1. The highest BCUT2D eigenvalue weighted by molar-refractivity contribution is 5.95. The van der Waals surface area contributed by atoms with Gasteiger partial charge in [-0.05, 0) is 57.7 Å². The van der Waals surface area contributed by atoms with Crippen molar-refractivity contribution in [1.29, 1.82) is 0 Å². The number of carbonyl (C=O) groups is 1. The molecule has 0 heterocycles. The molecule has 0 spiro atoms. The van der Waals surface area contributed by atoms with E-state index in [1.807, 2.05) is 43.0 Å². The van der Waals surface area contributed by atoms with Crippen molar-refractivity contribution in [2.45, 2.75) is 51.6 Å². The highest BCUT2D eigenvalue weighted by atomic mass is 16.2. The normalized spacial score (nSPS) is 21.9. The fourth-order valence-corrected chi connectivity index (χ4v) is 2.93. The summed E-state index contributed by atoms with van der Waals surface area (Å²) in [5, 5.41) is 3.55. The van der Waals surface area contributed by atoms with Crippen LogP contribution >= 0.6 is 0 Å². The summed E-state index contributed by atoms with van der Waals surface area (Å²) in [6.45, 7) is 5.50. The number of nitrogens with two attached hydrogens (primary N) is 1. The average Bonchev–Trinajstić information content (AvgIpc) is 2.51. The van der Waals surface area contributed by atoms with Crippen molar-refractivity contribution in [2.75, 3.05) is 18.4 Å². The number of nitrogens with one attached hydrogen (secondary N) is 1. The molecule has 1 aromatic carbocycles. The van der Waals surface area contributed by atoms with E-state index in [1.54, 1.807) is 0 Å². The number of benzene rings is 1. The van der Waals surface area contributed by atoms with Crippen LogP contribution in [0.25, 0.3) is 0 Å². The van der Waals surface area contributed by atoms with Gasteiger partial charge in [0.1, 0.15) is 0 Å². The fourth-order valence-electron chi connectivity index (χ4n) is 2.93. The van der Waals surface area contributed by atoms with E-state index in [1.165, 1.54) is 0 Å². The Bertz CT molecular complexity index is 463. The maximum Gasteiger partial charge on any atom is 0.253 e. The van der Waals surface area contributed by atoms with Gasteiger partial charge >= 0.3 is 0 Å². The van der Waals surface area contributed by atoms with E-state index in [4.69, 9.17) is 5.73 Å². The molecule has 0 atom stereocenters. The minimum absolute atomic E-state index is 0.106. The lowest BCUT2D eigenvalue weighted by Gasteiger charge is -2.28. The largest absolute Gasteiger partial charge is 0.382 e. The van der Waals surface area contributed by atoms with E-state index < -0.39 is 0 Å². The van der Waals surface area contributed by atoms with Gasteiger partial charge in [0.15, 0.2) is 0 Å². The van der Waals surface area contributed by atoms with E-state index >= 15 is 0 Å². The highest BCUT2D eigenvalue weighted by Crippen LogP contribution is 2.22. The zero-order valence-corrected chi connectivity index (χ0v) is 13.1. The van der Waals surface area contributed by atoms with Crippen LogP contribution in [0.3, 0.4) is 0 Å². The van der Waals surface area contributed by atoms with Gasteiger partial charge in [0, 0.05) is 36.4 Å². The molecule has 0 radical (unpaired) electrons. The molecule has 1 fully saturated rings. The van der Waals surface area contributed by atoms with Gasteiger partial charge in [-0.2, -0.15) is 0 Å². The third kappa shape index (κ3) is 4.21. The predicted molar refractivity (Wildman–Crippen MR) is 87.5 cm³/mol. The Morgan fingerprint density at radius 3 is 2.52 bits per heavy atom. The number of anilines is 1. The quantitative estimate of drug-likeness (QED) is 0.876. The van der Waals surface area contributed by atoms with Gasteiger partial charge in [-0.3, -0.25) is 4.79 Å². The molecule has 1 saturated carbocycles. The molecule has 4 heteroatoms. The Labute approximate surface area is 127 Å². The third-order valence-electron chi connectivity index (χ3n) is 4.30. The first kappa shape index (κ1) is 15.8. The Morgan fingerprint density at radius 1 is 1.24 bits per heavy atom. The topological polar surface area (TPSA) is 58.4 Å². The van der Waals surface area contributed by atoms with Gasteiger partial charge < -0.3 is 16.0 Å². The smallest absolute Gasteiger partial charge is 0.253 e. The fraction of sp³-hybridized carbons (Fsp3) is 0.588. The number of nitrogens with zero attached hydrogens (tertiary/aromatic N) is 1. The van der Waals surface area contributed by atoms with Gasteiger partial charge in [0.05, 0.1) is 0 Å². The van der Waals surface area contributed by atoms with Crippen LogP contribution in [0.4, 0.5) is 5.69 Å². The summed E-state index contributed by atoms with van der Waals surface area (Å²) in [6, 6.07) is 8.68. The molecular weight excluding hydrogens is 262 g/mol. The number of hydrogen-bond acceptors (Lipinski definition) is 3. The van der Waals surface area contributed by atoms with Crippen molar-refractivity contribution in [3.05, 3.63) is 29.8 Å². The lowest BCUT2D eigenvalue weighted by Crippen LogP contribution is -2.33. The van der Waals surface area contributed by atoms with Crippen LogP contribution in [0.5, 0.6) is 0 Å². The van der Waals surface area contributed by atoms with Crippen molar-refractivity contribution in [3.8, 4) is 0 Å². The summed E-state index contributed by atoms with van der Waals surface area (Å²) in [5.41, 5.74) is 7.74. The first-order valence-electron chi connectivity index (χ1n) is 8.05. The van der Waals surface area contributed by atoms with E-state index in [-0.39, 0.29) is 5.91 Å². The zero-order valence-electron chi connectivity index (χ0n) is 13.1. The van der Waals surface area contributed by atoms with E-state index in [0.717, 1.165) is 50.0 Å². The first-order valence-corrected chi connectivity index (χ1v) is 8.05. The Hall–Kier alpha value is -1.55. The van der Waals surface area contributed by atoms with Crippen LogP contribution < -0.4 is 11.1 Å². The number of hydrogen-bond donors (Lipinski definition) is 2. The molecule has 1 aliphatic carbocycles. The molecule has 116 valence electrons. The Kier molecular flexibility index (Phi) is 5.62. The standard InChI is InChI=1S/C17H27N3O/c1-3-20(4-2)17(21)13-6-5-7-16(12-13)19-15-10-8-14(18)9-11-15/h5-7,12,14-15,19H,3-4,8-11,18H2,1-2H3. The molecule has 2 rings (SSSR count). The van der Waals surface area contributed by atoms with Crippen LogP contribution in [0.1, 0.15) is 49.9 Å². The van der Waals surface area contributed by atoms with Crippen molar-refractivity contribution in [1.82, 2.24) is 4.90 Å². The predicted octanol–water partition coefficient (Wildman–Crippen LogP) is 2.85. The van der Waals surface area contributed by atoms with Crippen molar-refractivity contribution >= 4 is 11.6 Å². The minimum Gasteiger partial charge on any atom is -0.382 e. The second kappa shape index (κ2) is 7.46. The Balaban J connectivity index is 2.02. The van der Waals surface area contributed by atoms with Crippen LogP contribution in [-0.4, -0.2) is 36.0 Å².